The summed E-state index contributed by atoms with van der Waals surface area (Å²) in [5, 5.41) is 10.7. The van der Waals surface area contributed by atoms with Gasteiger partial charge in [0.2, 0.25) is 5.95 Å². The number of nitrogens with one attached hydrogen (secondary N) is 2. The highest BCUT2D eigenvalue weighted by Gasteiger charge is 2.13. The van der Waals surface area contributed by atoms with Crippen LogP contribution in [0.15, 0.2) is 53.3 Å². The highest BCUT2D eigenvalue weighted by atomic mass is 19.1. The Balaban J connectivity index is 1.81. The number of nitrogens with zero attached hydrogens (tertiary/aromatic N) is 2. The Morgan fingerprint density at radius 1 is 1.15 bits per heavy atom. The van der Waals surface area contributed by atoms with Crippen molar-refractivity contribution in [3.63, 3.8) is 0 Å². The van der Waals surface area contributed by atoms with Gasteiger partial charge in [-0.05, 0) is 29.8 Å². The van der Waals surface area contributed by atoms with Crippen molar-refractivity contribution in [3.05, 3.63) is 81.5 Å². The van der Waals surface area contributed by atoms with Gasteiger partial charge in [-0.1, -0.05) is 24.3 Å². The van der Waals surface area contributed by atoms with Gasteiger partial charge in [0.05, 0.1) is 18.4 Å². The molecule has 3 rings (SSSR count). The van der Waals surface area contributed by atoms with Crippen LogP contribution in [0.2, 0.25) is 0 Å². The molecule has 0 bridgehead atoms. The third-order valence-corrected chi connectivity index (χ3v) is 3.64. The number of carbonyl (C=O) groups is 1. The van der Waals surface area contributed by atoms with E-state index in [1.807, 2.05) is 0 Å². The molecule has 0 unspecified atom stereocenters. The number of anilines is 2. The van der Waals surface area contributed by atoms with Crippen LogP contribution in [-0.4, -0.2) is 28.3 Å². The van der Waals surface area contributed by atoms with Gasteiger partial charge in [-0.3, -0.25) is 9.78 Å². The highest BCUT2D eigenvalue weighted by molar-refractivity contribution is 5.96. The maximum Gasteiger partial charge on any atom is 0.339 e. The summed E-state index contributed by atoms with van der Waals surface area (Å²) in [5.74, 6) is -0.775. The molecule has 2 aromatic carbocycles. The first kappa shape index (κ1) is 17.3. The van der Waals surface area contributed by atoms with Crippen LogP contribution in [0.4, 0.5) is 16.0 Å². The molecular formula is C18H15FN4O3. The number of para-hydroxylation sites is 1. The van der Waals surface area contributed by atoms with E-state index < -0.39 is 11.5 Å². The monoisotopic (exact) mass is 354 g/mol. The SMILES string of the molecule is COC(=O)c1ccccc1Nc1nnc(Cc2ccc(F)cc2)c(=O)[nH]1. The van der Waals surface area contributed by atoms with Crippen LogP contribution in [0, 0.1) is 5.82 Å². The molecule has 2 N–H and O–H groups in total. The summed E-state index contributed by atoms with van der Waals surface area (Å²) in [6, 6.07) is 12.4. The van der Waals surface area contributed by atoms with Crippen LogP contribution >= 0.6 is 0 Å². The Bertz CT molecular complexity index is 986. The van der Waals surface area contributed by atoms with E-state index in [0.717, 1.165) is 5.56 Å². The normalized spacial score (nSPS) is 10.4. The highest BCUT2D eigenvalue weighted by Crippen LogP contribution is 2.18. The number of esters is 1. The number of H-pyrrole nitrogens is 1. The molecule has 8 heteroatoms. The van der Waals surface area contributed by atoms with E-state index in [-0.39, 0.29) is 23.9 Å². The van der Waals surface area contributed by atoms with E-state index in [4.69, 9.17) is 4.74 Å². The van der Waals surface area contributed by atoms with Crippen molar-refractivity contribution in [2.75, 3.05) is 12.4 Å². The zero-order valence-corrected chi connectivity index (χ0v) is 13.8. The summed E-state index contributed by atoms with van der Waals surface area (Å²) in [4.78, 5) is 26.6. The zero-order valence-electron chi connectivity index (χ0n) is 13.8. The number of carbonyl (C=O) groups excluding carboxylic acids is 1. The van der Waals surface area contributed by atoms with Gasteiger partial charge in [-0.2, -0.15) is 0 Å². The Morgan fingerprint density at radius 3 is 2.58 bits per heavy atom. The van der Waals surface area contributed by atoms with Crippen LogP contribution in [0.5, 0.6) is 0 Å². The van der Waals surface area contributed by atoms with Crippen molar-refractivity contribution < 1.29 is 13.9 Å². The Hall–Kier alpha value is -3.55. The fourth-order valence-corrected chi connectivity index (χ4v) is 2.34. The number of ether oxygens (including phenoxy) is 1. The zero-order chi connectivity index (χ0) is 18.5. The average Bonchev–Trinajstić information content (AvgIpc) is 2.65. The van der Waals surface area contributed by atoms with Crippen LogP contribution in [-0.2, 0) is 11.2 Å². The lowest BCUT2D eigenvalue weighted by molar-refractivity contribution is 0.0602. The molecule has 7 nitrogen and oxygen atoms in total. The molecule has 26 heavy (non-hydrogen) atoms. The lowest BCUT2D eigenvalue weighted by atomic mass is 10.1. The van der Waals surface area contributed by atoms with E-state index in [0.29, 0.717) is 11.3 Å². The number of halogens is 1. The molecule has 0 aliphatic carbocycles. The minimum atomic E-state index is -0.517. The van der Waals surface area contributed by atoms with Crippen molar-refractivity contribution >= 4 is 17.6 Å². The summed E-state index contributed by atoms with van der Waals surface area (Å²) in [6.45, 7) is 0. The molecule has 0 atom stereocenters. The van der Waals surface area contributed by atoms with E-state index in [1.54, 1.807) is 36.4 Å². The maximum absolute atomic E-state index is 12.9. The van der Waals surface area contributed by atoms with Gasteiger partial charge in [0.1, 0.15) is 11.5 Å². The smallest absolute Gasteiger partial charge is 0.339 e. The number of rotatable bonds is 5. The standard InChI is InChI=1S/C18H15FN4O3/c1-26-17(25)13-4-2-3-5-14(13)20-18-21-16(24)15(22-23-18)10-11-6-8-12(19)9-7-11/h2-9H,10H2,1H3,(H2,20,21,23,24). The second-order valence-corrected chi connectivity index (χ2v) is 5.41. The summed E-state index contributed by atoms with van der Waals surface area (Å²) < 4.78 is 17.7. The van der Waals surface area contributed by atoms with E-state index in [9.17, 15) is 14.0 Å². The molecule has 0 radical (unpaired) electrons. The van der Waals surface area contributed by atoms with Gasteiger partial charge in [0.15, 0.2) is 0 Å². The van der Waals surface area contributed by atoms with Gasteiger partial charge in [0, 0.05) is 6.42 Å². The molecule has 132 valence electrons. The second-order valence-electron chi connectivity index (χ2n) is 5.41. The van der Waals surface area contributed by atoms with Crippen LogP contribution < -0.4 is 10.9 Å². The summed E-state index contributed by atoms with van der Waals surface area (Å²) in [5.41, 5.74) is 1.23. The Morgan fingerprint density at radius 2 is 1.88 bits per heavy atom. The molecule has 0 saturated carbocycles. The Kier molecular flexibility index (Phi) is 5.02. The minimum Gasteiger partial charge on any atom is -0.465 e. The molecule has 1 heterocycles. The number of methoxy groups -OCH3 is 1. The van der Waals surface area contributed by atoms with Gasteiger partial charge in [-0.25, -0.2) is 9.18 Å². The van der Waals surface area contributed by atoms with Gasteiger partial charge in [-0.15, -0.1) is 10.2 Å². The number of hydrogen-bond acceptors (Lipinski definition) is 6. The average molecular weight is 354 g/mol. The second kappa shape index (κ2) is 7.56. The van der Waals surface area contributed by atoms with Gasteiger partial charge >= 0.3 is 5.97 Å². The lowest BCUT2D eigenvalue weighted by Crippen LogP contribution is -2.19. The third-order valence-electron chi connectivity index (χ3n) is 3.64. The fraction of sp³-hybridized carbons (Fsp3) is 0.111. The summed E-state index contributed by atoms with van der Waals surface area (Å²) >= 11 is 0. The molecule has 0 aliphatic rings. The predicted molar refractivity (Wildman–Crippen MR) is 92.9 cm³/mol. The molecule has 0 aliphatic heterocycles. The largest absolute Gasteiger partial charge is 0.465 e. The molecule has 1 aromatic heterocycles. The maximum atomic E-state index is 12.9. The molecule has 3 aromatic rings. The van der Waals surface area contributed by atoms with Crippen molar-refractivity contribution in [1.29, 1.82) is 0 Å². The molecule has 0 amide bonds. The first-order chi connectivity index (χ1) is 12.6. The van der Waals surface area contributed by atoms with Crippen LogP contribution in [0.1, 0.15) is 21.6 Å². The fourth-order valence-electron chi connectivity index (χ4n) is 2.34. The number of hydrogen-bond donors (Lipinski definition) is 2. The van der Waals surface area contributed by atoms with Crippen molar-refractivity contribution in [3.8, 4) is 0 Å². The number of aromatic amines is 1. The Labute approximate surface area is 147 Å². The first-order valence-electron chi connectivity index (χ1n) is 7.71. The molecule has 0 saturated heterocycles. The van der Waals surface area contributed by atoms with Crippen LogP contribution in [0.3, 0.4) is 0 Å². The van der Waals surface area contributed by atoms with Gasteiger partial charge in [0.25, 0.3) is 5.56 Å². The number of benzene rings is 2. The third kappa shape index (κ3) is 3.92. The van der Waals surface area contributed by atoms with Crippen molar-refractivity contribution in [1.82, 2.24) is 15.2 Å². The summed E-state index contributed by atoms with van der Waals surface area (Å²) in [6.07, 6.45) is 0.224. The van der Waals surface area contributed by atoms with E-state index in [2.05, 4.69) is 20.5 Å². The molecule has 0 fully saturated rings. The molecule has 0 spiro atoms. The predicted octanol–water partition coefficient (Wildman–Crippen LogP) is 2.42. The van der Waals surface area contributed by atoms with Gasteiger partial charge < -0.3 is 10.1 Å². The van der Waals surface area contributed by atoms with E-state index >= 15 is 0 Å². The number of aromatic nitrogens is 3. The van der Waals surface area contributed by atoms with Crippen molar-refractivity contribution in [2.24, 2.45) is 0 Å². The topological polar surface area (TPSA) is 97.0 Å². The van der Waals surface area contributed by atoms with E-state index in [1.165, 1.54) is 19.2 Å². The summed E-state index contributed by atoms with van der Waals surface area (Å²) in [7, 11) is 1.28. The van der Waals surface area contributed by atoms with Crippen LogP contribution in [0.25, 0.3) is 0 Å². The quantitative estimate of drug-likeness (QED) is 0.683. The molecular weight excluding hydrogens is 339 g/mol. The lowest BCUT2D eigenvalue weighted by Gasteiger charge is -2.09. The first-order valence-corrected chi connectivity index (χ1v) is 7.71. The minimum absolute atomic E-state index is 0.0919. The van der Waals surface area contributed by atoms with Crippen molar-refractivity contribution in [2.45, 2.75) is 6.42 Å².